The van der Waals surface area contributed by atoms with Crippen LogP contribution in [0, 0.1) is 5.92 Å². The topological polar surface area (TPSA) is 52.5 Å². The van der Waals surface area contributed by atoms with Gasteiger partial charge in [0, 0.05) is 12.1 Å². The second-order valence-corrected chi connectivity index (χ2v) is 5.17. The number of phenolic OH excluding ortho intramolecular Hbond substituents is 2. The predicted molar refractivity (Wildman–Crippen MR) is 63.4 cm³/mol. The monoisotopic (exact) mass is 221 g/mol. The van der Waals surface area contributed by atoms with E-state index in [1.54, 1.807) is 6.07 Å². The van der Waals surface area contributed by atoms with Gasteiger partial charge >= 0.3 is 0 Å². The highest BCUT2D eigenvalue weighted by molar-refractivity contribution is 5.40. The van der Waals surface area contributed by atoms with Gasteiger partial charge in [0.05, 0.1) is 0 Å². The number of hydrogen-bond acceptors (Lipinski definition) is 3. The highest BCUT2D eigenvalue weighted by atomic mass is 16.3. The van der Waals surface area contributed by atoms with Gasteiger partial charge in [0.2, 0.25) is 0 Å². The minimum absolute atomic E-state index is 0.0523. The van der Waals surface area contributed by atoms with Crippen LogP contribution in [-0.4, -0.2) is 15.8 Å². The molecule has 3 N–H and O–H groups in total. The molecule has 0 atom stereocenters. The Kier molecular flexibility index (Phi) is 2.80. The lowest BCUT2D eigenvalue weighted by atomic mass is 9.98. The Hall–Kier alpha value is -1.22. The average molecular weight is 221 g/mol. The van der Waals surface area contributed by atoms with Crippen molar-refractivity contribution in [3.63, 3.8) is 0 Å². The zero-order valence-corrected chi connectivity index (χ0v) is 9.83. The quantitative estimate of drug-likeness (QED) is 0.684. The molecule has 1 aliphatic rings. The summed E-state index contributed by atoms with van der Waals surface area (Å²) in [5.41, 5.74) is 1.15. The third-order valence-electron chi connectivity index (χ3n) is 3.39. The minimum Gasteiger partial charge on any atom is -0.504 e. The van der Waals surface area contributed by atoms with Crippen LogP contribution >= 0.6 is 0 Å². The van der Waals surface area contributed by atoms with Crippen molar-refractivity contribution >= 4 is 0 Å². The summed E-state index contributed by atoms with van der Waals surface area (Å²) in [4.78, 5) is 0. The van der Waals surface area contributed by atoms with Gasteiger partial charge in [-0.1, -0.05) is 6.07 Å². The van der Waals surface area contributed by atoms with Crippen molar-refractivity contribution in [1.29, 1.82) is 0 Å². The van der Waals surface area contributed by atoms with Gasteiger partial charge in [-0.3, -0.25) is 0 Å². The van der Waals surface area contributed by atoms with Crippen molar-refractivity contribution in [1.82, 2.24) is 5.32 Å². The molecular weight excluding hydrogens is 202 g/mol. The van der Waals surface area contributed by atoms with Gasteiger partial charge in [-0.15, -0.1) is 0 Å². The van der Waals surface area contributed by atoms with E-state index >= 15 is 0 Å². The smallest absolute Gasteiger partial charge is 0.157 e. The maximum atomic E-state index is 9.37. The standard InChI is InChI=1S/C13H19NO2/c1-13(2,10-4-5-10)14-8-9-3-6-11(15)12(16)7-9/h3,6-7,10,14-16H,4-5,8H2,1-2H3. The van der Waals surface area contributed by atoms with E-state index in [0.29, 0.717) is 0 Å². The first-order chi connectivity index (χ1) is 7.49. The molecular formula is C13H19NO2. The molecule has 0 heterocycles. The molecule has 0 spiro atoms. The molecule has 1 aromatic rings. The molecule has 1 aromatic carbocycles. The van der Waals surface area contributed by atoms with E-state index in [2.05, 4.69) is 19.2 Å². The van der Waals surface area contributed by atoms with Gasteiger partial charge in [0.1, 0.15) is 0 Å². The molecule has 1 aliphatic carbocycles. The normalized spacial score (nSPS) is 16.4. The van der Waals surface area contributed by atoms with Gasteiger partial charge in [0.25, 0.3) is 0 Å². The number of hydrogen-bond donors (Lipinski definition) is 3. The Morgan fingerprint density at radius 1 is 1.25 bits per heavy atom. The molecule has 16 heavy (non-hydrogen) atoms. The van der Waals surface area contributed by atoms with Crippen molar-refractivity contribution < 1.29 is 10.2 Å². The summed E-state index contributed by atoms with van der Waals surface area (Å²) in [6, 6.07) is 4.95. The van der Waals surface area contributed by atoms with E-state index in [9.17, 15) is 10.2 Å². The van der Waals surface area contributed by atoms with Crippen molar-refractivity contribution in [3.8, 4) is 11.5 Å². The van der Waals surface area contributed by atoms with E-state index in [4.69, 9.17) is 0 Å². The Morgan fingerprint density at radius 2 is 1.94 bits per heavy atom. The molecule has 3 nitrogen and oxygen atoms in total. The summed E-state index contributed by atoms with van der Waals surface area (Å²) in [7, 11) is 0. The van der Waals surface area contributed by atoms with Crippen LogP contribution in [0.1, 0.15) is 32.3 Å². The highest BCUT2D eigenvalue weighted by Gasteiger charge is 2.37. The number of phenols is 2. The molecule has 0 amide bonds. The number of benzene rings is 1. The Morgan fingerprint density at radius 3 is 2.50 bits per heavy atom. The lowest BCUT2D eigenvalue weighted by Gasteiger charge is -2.26. The largest absolute Gasteiger partial charge is 0.504 e. The lowest BCUT2D eigenvalue weighted by molar-refractivity contribution is 0.338. The molecule has 2 rings (SSSR count). The van der Waals surface area contributed by atoms with Crippen LogP contribution in [0.15, 0.2) is 18.2 Å². The first-order valence-corrected chi connectivity index (χ1v) is 5.75. The number of rotatable bonds is 4. The Balaban J connectivity index is 1.96. The fourth-order valence-corrected chi connectivity index (χ4v) is 1.96. The second-order valence-electron chi connectivity index (χ2n) is 5.17. The molecule has 0 bridgehead atoms. The average Bonchev–Trinajstić information content (AvgIpc) is 3.03. The van der Waals surface area contributed by atoms with Gasteiger partial charge in [-0.25, -0.2) is 0 Å². The zero-order chi connectivity index (χ0) is 11.8. The molecule has 3 heteroatoms. The fraction of sp³-hybridized carbons (Fsp3) is 0.538. The molecule has 1 saturated carbocycles. The summed E-state index contributed by atoms with van der Waals surface area (Å²) in [5.74, 6) is 0.659. The van der Waals surface area contributed by atoms with E-state index in [1.165, 1.54) is 18.9 Å². The van der Waals surface area contributed by atoms with Gasteiger partial charge in [0.15, 0.2) is 11.5 Å². The maximum absolute atomic E-state index is 9.37. The van der Waals surface area contributed by atoms with Crippen LogP contribution in [0.3, 0.4) is 0 Å². The minimum atomic E-state index is -0.0646. The molecule has 0 unspecified atom stereocenters. The van der Waals surface area contributed by atoms with Crippen LogP contribution in [-0.2, 0) is 6.54 Å². The van der Waals surface area contributed by atoms with E-state index in [1.807, 2.05) is 6.07 Å². The summed E-state index contributed by atoms with van der Waals surface area (Å²) in [6.07, 6.45) is 2.61. The summed E-state index contributed by atoms with van der Waals surface area (Å²) in [6.45, 7) is 5.15. The zero-order valence-electron chi connectivity index (χ0n) is 9.83. The van der Waals surface area contributed by atoms with Crippen LogP contribution in [0.4, 0.5) is 0 Å². The van der Waals surface area contributed by atoms with Gasteiger partial charge < -0.3 is 15.5 Å². The summed E-state index contributed by atoms with van der Waals surface area (Å²) in [5, 5.41) is 22.1. The third-order valence-corrected chi connectivity index (χ3v) is 3.39. The first kappa shape index (κ1) is 11.3. The van der Waals surface area contributed by atoms with Crippen LogP contribution < -0.4 is 5.32 Å². The van der Waals surface area contributed by atoms with Gasteiger partial charge in [-0.05, 0) is 50.3 Å². The van der Waals surface area contributed by atoms with E-state index in [0.717, 1.165) is 18.0 Å². The third kappa shape index (κ3) is 2.47. The van der Waals surface area contributed by atoms with Crippen molar-refractivity contribution in [2.75, 3.05) is 0 Å². The molecule has 0 saturated heterocycles. The molecule has 0 radical (unpaired) electrons. The van der Waals surface area contributed by atoms with Gasteiger partial charge in [-0.2, -0.15) is 0 Å². The number of nitrogens with one attached hydrogen (secondary N) is 1. The molecule has 0 aliphatic heterocycles. The first-order valence-electron chi connectivity index (χ1n) is 5.75. The van der Waals surface area contributed by atoms with E-state index < -0.39 is 0 Å². The second kappa shape index (κ2) is 3.98. The summed E-state index contributed by atoms with van der Waals surface area (Å²) >= 11 is 0. The van der Waals surface area contributed by atoms with Crippen LogP contribution in [0.25, 0.3) is 0 Å². The van der Waals surface area contributed by atoms with Crippen LogP contribution in [0.2, 0.25) is 0 Å². The van der Waals surface area contributed by atoms with Crippen molar-refractivity contribution in [3.05, 3.63) is 23.8 Å². The SMILES string of the molecule is CC(C)(NCc1ccc(O)c(O)c1)C1CC1. The molecule has 88 valence electrons. The molecule has 0 aromatic heterocycles. The predicted octanol–water partition coefficient (Wildman–Crippen LogP) is 2.38. The number of aromatic hydroxyl groups is 2. The van der Waals surface area contributed by atoms with E-state index in [-0.39, 0.29) is 17.0 Å². The van der Waals surface area contributed by atoms with Crippen LogP contribution in [0.5, 0.6) is 11.5 Å². The fourth-order valence-electron chi connectivity index (χ4n) is 1.96. The lowest BCUT2D eigenvalue weighted by Crippen LogP contribution is -2.40. The molecule has 1 fully saturated rings. The highest BCUT2D eigenvalue weighted by Crippen LogP contribution is 2.39. The van der Waals surface area contributed by atoms with Crippen molar-refractivity contribution in [2.24, 2.45) is 5.92 Å². The Bertz CT molecular complexity index is 384. The van der Waals surface area contributed by atoms with Crippen molar-refractivity contribution in [2.45, 2.75) is 38.8 Å². The maximum Gasteiger partial charge on any atom is 0.157 e. The summed E-state index contributed by atoms with van der Waals surface area (Å²) < 4.78 is 0. The Labute approximate surface area is 96.1 Å².